The van der Waals surface area contributed by atoms with Gasteiger partial charge in [-0.25, -0.2) is 0 Å². The van der Waals surface area contributed by atoms with Gasteiger partial charge in [0.1, 0.15) is 0 Å². The molecule has 1 aromatic carbocycles. The van der Waals surface area contributed by atoms with Crippen molar-refractivity contribution in [1.82, 2.24) is 4.90 Å². The Morgan fingerprint density at radius 2 is 1.78 bits per heavy atom. The van der Waals surface area contributed by atoms with E-state index < -0.39 is 0 Å². The molecule has 1 N–H and O–H groups in total. The number of aliphatic hydroxyl groups excluding tert-OH is 1. The average molecular weight is 316 g/mol. The van der Waals surface area contributed by atoms with Crippen LogP contribution in [0.3, 0.4) is 0 Å². The molecule has 1 heterocycles. The Bertz CT molecular complexity index is 508. The molecule has 3 unspecified atom stereocenters. The molecular formula is C21H33NO. The van der Waals surface area contributed by atoms with Gasteiger partial charge in [0.2, 0.25) is 0 Å². The average Bonchev–Trinajstić information content (AvgIpc) is 2.59. The summed E-state index contributed by atoms with van der Waals surface area (Å²) >= 11 is 0. The molecule has 0 bridgehead atoms. The summed E-state index contributed by atoms with van der Waals surface area (Å²) in [6.07, 6.45) is 8.37. The number of rotatable bonds is 3. The Hall–Kier alpha value is -0.860. The van der Waals surface area contributed by atoms with E-state index in [2.05, 4.69) is 56.0 Å². The number of piperidine rings is 1. The van der Waals surface area contributed by atoms with E-state index in [9.17, 15) is 5.11 Å². The van der Waals surface area contributed by atoms with Crippen molar-refractivity contribution in [2.45, 2.75) is 89.4 Å². The van der Waals surface area contributed by atoms with Crippen LogP contribution in [0.25, 0.3) is 0 Å². The fraction of sp³-hybridized carbons (Fsp3) is 0.714. The van der Waals surface area contributed by atoms with Crippen molar-refractivity contribution in [3.63, 3.8) is 0 Å². The lowest BCUT2D eigenvalue weighted by Gasteiger charge is -2.62. The van der Waals surface area contributed by atoms with E-state index in [1.54, 1.807) is 0 Å². The van der Waals surface area contributed by atoms with Gasteiger partial charge in [-0.05, 0) is 38.2 Å². The third-order valence-electron chi connectivity index (χ3n) is 7.02. The van der Waals surface area contributed by atoms with Crippen LogP contribution in [-0.4, -0.2) is 27.2 Å². The second-order valence-corrected chi connectivity index (χ2v) is 8.13. The number of hydrogen-bond donors (Lipinski definition) is 1. The van der Waals surface area contributed by atoms with Crippen molar-refractivity contribution in [2.24, 2.45) is 5.92 Å². The Morgan fingerprint density at radius 1 is 1.13 bits per heavy atom. The van der Waals surface area contributed by atoms with Crippen LogP contribution < -0.4 is 0 Å². The first-order chi connectivity index (χ1) is 11.0. The van der Waals surface area contributed by atoms with Gasteiger partial charge in [0.15, 0.2) is 0 Å². The van der Waals surface area contributed by atoms with Crippen LogP contribution in [0.4, 0.5) is 0 Å². The third kappa shape index (κ3) is 2.96. The van der Waals surface area contributed by atoms with Gasteiger partial charge in [-0.1, -0.05) is 63.4 Å². The van der Waals surface area contributed by atoms with Gasteiger partial charge in [-0.15, -0.1) is 0 Å². The number of nitrogens with zero attached hydrogens (tertiary/aromatic N) is 1. The molecule has 3 atom stereocenters. The fourth-order valence-electron chi connectivity index (χ4n) is 5.19. The Balaban J connectivity index is 1.99. The van der Waals surface area contributed by atoms with Crippen molar-refractivity contribution in [2.75, 3.05) is 0 Å². The molecule has 23 heavy (non-hydrogen) atoms. The van der Waals surface area contributed by atoms with Gasteiger partial charge in [-0.3, -0.25) is 4.90 Å². The SMILES string of the molecule is CCC1(C)C(C)C(O)CC2(CCCCC2)N1Cc1ccccc1. The minimum absolute atomic E-state index is 0.0743. The number of aliphatic hydroxyl groups is 1. The predicted octanol–water partition coefficient (Wildman–Crippen LogP) is 4.76. The van der Waals surface area contributed by atoms with Crippen LogP contribution in [0.5, 0.6) is 0 Å². The van der Waals surface area contributed by atoms with E-state index in [4.69, 9.17) is 0 Å². The Kier molecular flexibility index (Phi) is 4.85. The molecule has 2 aliphatic rings. The van der Waals surface area contributed by atoms with Gasteiger partial charge >= 0.3 is 0 Å². The van der Waals surface area contributed by atoms with Crippen LogP contribution in [0.1, 0.15) is 71.3 Å². The van der Waals surface area contributed by atoms with E-state index in [-0.39, 0.29) is 17.2 Å². The van der Waals surface area contributed by atoms with Gasteiger partial charge in [0, 0.05) is 23.5 Å². The summed E-state index contributed by atoms with van der Waals surface area (Å²) in [6, 6.07) is 10.9. The molecule has 2 nitrogen and oxygen atoms in total. The maximum absolute atomic E-state index is 10.8. The van der Waals surface area contributed by atoms with Crippen molar-refractivity contribution in [1.29, 1.82) is 0 Å². The lowest BCUT2D eigenvalue weighted by atomic mass is 9.64. The first kappa shape index (κ1) is 17.0. The zero-order chi connectivity index (χ0) is 16.5. The molecule has 0 aromatic heterocycles. The predicted molar refractivity (Wildman–Crippen MR) is 96.3 cm³/mol. The molecule has 1 saturated carbocycles. The molecule has 2 heteroatoms. The molecule has 1 aromatic rings. The quantitative estimate of drug-likeness (QED) is 0.869. The molecule has 1 saturated heterocycles. The highest BCUT2D eigenvalue weighted by Crippen LogP contribution is 2.50. The summed E-state index contributed by atoms with van der Waals surface area (Å²) in [4.78, 5) is 2.80. The van der Waals surface area contributed by atoms with E-state index in [0.29, 0.717) is 5.92 Å². The summed E-state index contributed by atoms with van der Waals surface area (Å²) in [5, 5.41) is 10.8. The second kappa shape index (κ2) is 6.57. The first-order valence-corrected chi connectivity index (χ1v) is 9.51. The molecule has 1 aliphatic carbocycles. The van der Waals surface area contributed by atoms with E-state index in [1.807, 2.05) is 0 Å². The zero-order valence-electron chi connectivity index (χ0n) is 15.1. The van der Waals surface area contributed by atoms with Crippen molar-refractivity contribution >= 4 is 0 Å². The van der Waals surface area contributed by atoms with Gasteiger partial charge < -0.3 is 5.11 Å². The maximum Gasteiger partial charge on any atom is 0.0601 e. The lowest BCUT2D eigenvalue weighted by molar-refractivity contribution is -0.157. The highest BCUT2D eigenvalue weighted by molar-refractivity contribution is 5.18. The molecular weight excluding hydrogens is 282 g/mol. The van der Waals surface area contributed by atoms with Crippen molar-refractivity contribution in [3.05, 3.63) is 35.9 Å². The summed E-state index contributed by atoms with van der Waals surface area (Å²) in [6.45, 7) is 7.95. The normalized spacial score (nSPS) is 34.6. The molecule has 2 fully saturated rings. The lowest BCUT2D eigenvalue weighted by Crippen LogP contribution is -2.68. The molecule has 1 aliphatic heterocycles. The maximum atomic E-state index is 10.8. The van der Waals surface area contributed by atoms with Crippen LogP contribution in [0.2, 0.25) is 0 Å². The zero-order valence-corrected chi connectivity index (χ0v) is 15.1. The van der Waals surface area contributed by atoms with Gasteiger partial charge in [0.25, 0.3) is 0 Å². The summed E-state index contributed by atoms with van der Waals surface area (Å²) in [5.41, 5.74) is 1.68. The molecule has 3 rings (SSSR count). The number of hydrogen-bond acceptors (Lipinski definition) is 2. The van der Waals surface area contributed by atoms with E-state index in [0.717, 1.165) is 19.4 Å². The molecule has 128 valence electrons. The van der Waals surface area contributed by atoms with Crippen LogP contribution >= 0.6 is 0 Å². The van der Waals surface area contributed by atoms with Crippen LogP contribution in [0.15, 0.2) is 30.3 Å². The first-order valence-electron chi connectivity index (χ1n) is 9.51. The molecule has 0 amide bonds. The largest absolute Gasteiger partial charge is 0.393 e. The highest BCUT2D eigenvalue weighted by atomic mass is 16.3. The standard InChI is InChI=1S/C21H33NO/c1-4-20(3)17(2)19(23)15-21(13-9-6-10-14-21)22(20)16-18-11-7-5-8-12-18/h5,7-8,11-12,17,19,23H,4,6,9-10,13-16H2,1-3H3. The Labute approximate surface area is 141 Å². The summed E-state index contributed by atoms with van der Waals surface area (Å²) in [5.74, 6) is 0.323. The Morgan fingerprint density at radius 3 is 2.39 bits per heavy atom. The fourth-order valence-corrected chi connectivity index (χ4v) is 5.19. The number of likely N-dealkylation sites (tertiary alicyclic amines) is 1. The van der Waals surface area contributed by atoms with Crippen LogP contribution in [0, 0.1) is 5.92 Å². The minimum atomic E-state index is -0.162. The van der Waals surface area contributed by atoms with Crippen molar-refractivity contribution < 1.29 is 5.11 Å². The van der Waals surface area contributed by atoms with E-state index in [1.165, 1.54) is 37.7 Å². The highest BCUT2D eigenvalue weighted by Gasteiger charge is 2.54. The molecule has 1 spiro atoms. The third-order valence-corrected chi connectivity index (χ3v) is 7.02. The van der Waals surface area contributed by atoms with Gasteiger partial charge in [-0.2, -0.15) is 0 Å². The van der Waals surface area contributed by atoms with Crippen molar-refractivity contribution in [3.8, 4) is 0 Å². The van der Waals surface area contributed by atoms with Gasteiger partial charge in [0.05, 0.1) is 6.10 Å². The topological polar surface area (TPSA) is 23.5 Å². The minimum Gasteiger partial charge on any atom is -0.393 e. The van der Waals surface area contributed by atoms with Crippen LogP contribution in [-0.2, 0) is 6.54 Å². The summed E-state index contributed by atoms with van der Waals surface area (Å²) in [7, 11) is 0. The monoisotopic (exact) mass is 315 g/mol. The molecule has 0 radical (unpaired) electrons. The smallest absolute Gasteiger partial charge is 0.0601 e. The van der Waals surface area contributed by atoms with E-state index >= 15 is 0 Å². The number of benzene rings is 1. The summed E-state index contributed by atoms with van der Waals surface area (Å²) < 4.78 is 0. The second-order valence-electron chi connectivity index (χ2n) is 8.13.